The Hall–Kier alpha value is -1.58. The first-order valence-electron chi connectivity index (χ1n) is 5.85. The van der Waals surface area contributed by atoms with Gasteiger partial charge in [-0.05, 0) is 24.4 Å². The average molecular weight is 299 g/mol. The second-order valence-electron chi connectivity index (χ2n) is 3.94. The second-order valence-corrected chi connectivity index (χ2v) is 4.35. The van der Waals surface area contributed by atoms with Crippen LogP contribution in [0, 0.1) is 0 Å². The van der Waals surface area contributed by atoms with Crippen molar-refractivity contribution in [1.82, 2.24) is 5.43 Å². The Labute approximate surface area is 121 Å². The van der Waals surface area contributed by atoms with Crippen molar-refractivity contribution in [3.8, 4) is 0 Å². The molecule has 0 heterocycles. The lowest BCUT2D eigenvalue weighted by molar-refractivity contribution is -0.0542. The maximum absolute atomic E-state index is 9.45. The number of hydrogen-bond donors (Lipinski definition) is 6. The highest BCUT2D eigenvalue weighted by atomic mass is 32.1. The molecule has 8 heteroatoms. The van der Waals surface area contributed by atoms with E-state index in [1.54, 1.807) is 0 Å². The molecule has 0 saturated heterocycles. The van der Waals surface area contributed by atoms with E-state index in [0.717, 1.165) is 11.9 Å². The molecule has 0 aliphatic carbocycles. The van der Waals surface area contributed by atoms with Crippen molar-refractivity contribution in [3.05, 3.63) is 30.3 Å². The lowest BCUT2D eigenvalue weighted by Gasteiger charge is -2.18. The predicted octanol–water partition coefficient (Wildman–Crippen LogP) is -0.966. The van der Waals surface area contributed by atoms with Gasteiger partial charge in [0.05, 0.1) is 12.8 Å². The minimum Gasteiger partial charge on any atom is -0.394 e. The van der Waals surface area contributed by atoms with E-state index in [9.17, 15) is 10.2 Å². The summed E-state index contributed by atoms with van der Waals surface area (Å²) < 4.78 is 0. The summed E-state index contributed by atoms with van der Waals surface area (Å²) in [6.07, 6.45) is -3.42. The van der Waals surface area contributed by atoms with Gasteiger partial charge in [-0.15, -0.1) is 0 Å². The smallest absolute Gasteiger partial charge is 0.191 e. The monoisotopic (exact) mass is 299 g/mol. The van der Waals surface area contributed by atoms with E-state index in [2.05, 4.69) is 15.8 Å². The number of hydrazone groups is 1. The molecule has 0 fully saturated rings. The van der Waals surface area contributed by atoms with Gasteiger partial charge in [0.25, 0.3) is 0 Å². The van der Waals surface area contributed by atoms with Crippen LogP contribution >= 0.6 is 12.2 Å². The fraction of sp³-hybridized carbons (Fsp3) is 0.333. The Morgan fingerprint density at radius 1 is 1.25 bits per heavy atom. The van der Waals surface area contributed by atoms with E-state index < -0.39 is 24.9 Å². The molecule has 1 aromatic rings. The standard InChI is InChI=1S/C12H17N3O4S/c16-7-10(18)11(19)9(17)6-13-15-12(20)14-8-4-2-1-3-5-8/h1-6,9-11,16-19H,7H2,(H2,14,15,20)/b13-6+/t9-,10-,11+/m1/s1. The number of rotatable bonds is 6. The molecule has 0 radical (unpaired) electrons. The molecular formula is C12H17N3O4S. The van der Waals surface area contributed by atoms with Gasteiger partial charge in [0.1, 0.15) is 18.3 Å². The lowest BCUT2D eigenvalue weighted by Crippen LogP contribution is -2.40. The number of aliphatic hydroxyl groups excluding tert-OH is 4. The molecule has 3 atom stereocenters. The van der Waals surface area contributed by atoms with E-state index in [1.165, 1.54) is 0 Å². The molecule has 1 aromatic carbocycles. The van der Waals surface area contributed by atoms with Gasteiger partial charge >= 0.3 is 0 Å². The van der Waals surface area contributed by atoms with E-state index >= 15 is 0 Å². The Bertz CT molecular complexity index is 444. The van der Waals surface area contributed by atoms with Gasteiger partial charge in [-0.25, -0.2) is 0 Å². The highest BCUT2D eigenvalue weighted by molar-refractivity contribution is 7.80. The molecule has 6 N–H and O–H groups in total. The Morgan fingerprint density at radius 2 is 1.90 bits per heavy atom. The summed E-state index contributed by atoms with van der Waals surface area (Å²) >= 11 is 4.96. The zero-order valence-electron chi connectivity index (χ0n) is 10.5. The maximum Gasteiger partial charge on any atom is 0.191 e. The molecule has 1 rings (SSSR count). The van der Waals surface area contributed by atoms with Crippen LogP contribution < -0.4 is 10.7 Å². The van der Waals surface area contributed by atoms with Crippen molar-refractivity contribution in [2.75, 3.05) is 11.9 Å². The molecule has 0 unspecified atom stereocenters. The number of para-hydroxylation sites is 1. The fourth-order valence-electron chi connectivity index (χ4n) is 1.28. The second kappa shape index (κ2) is 8.56. The Kier molecular flexibility index (Phi) is 7.05. The molecule has 0 aliphatic rings. The van der Waals surface area contributed by atoms with E-state index in [-0.39, 0.29) is 5.11 Å². The number of nitrogens with one attached hydrogen (secondary N) is 2. The molecule has 0 aromatic heterocycles. The predicted molar refractivity (Wildman–Crippen MR) is 79.4 cm³/mol. The molecule has 20 heavy (non-hydrogen) atoms. The van der Waals surface area contributed by atoms with E-state index in [1.807, 2.05) is 30.3 Å². The molecule has 0 amide bonds. The van der Waals surface area contributed by atoms with Crippen molar-refractivity contribution < 1.29 is 20.4 Å². The summed E-state index contributed by atoms with van der Waals surface area (Å²) in [5.41, 5.74) is 3.22. The first kappa shape index (κ1) is 16.5. The van der Waals surface area contributed by atoms with Gasteiger partial charge in [-0.1, -0.05) is 18.2 Å². The fourth-order valence-corrected chi connectivity index (χ4v) is 1.45. The van der Waals surface area contributed by atoms with Crippen molar-refractivity contribution >= 4 is 29.2 Å². The molecule has 7 nitrogen and oxygen atoms in total. The lowest BCUT2D eigenvalue weighted by atomic mass is 10.1. The van der Waals surface area contributed by atoms with Crippen LogP contribution in [-0.2, 0) is 0 Å². The summed E-state index contributed by atoms with van der Waals surface area (Å²) in [4.78, 5) is 0. The molecular weight excluding hydrogens is 282 g/mol. The minimum absolute atomic E-state index is 0.205. The summed E-state index contributed by atoms with van der Waals surface area (Å²) in [5, 5.41) is 43.2. The molecule has 0 aliphatic heterocycles. The van der Waals surface area contributed by atoms with Gasteiger partial charge in [0, 0.05) is 5.69 Å². The van der Waals surface area contributed by atoms with Gasteiger partial charge < -0.3 is 25.7 Å². The van der Waals surface area contributed by atoms with Gasteiger partial charge in [-0.2, -0.15) is 5.10 Å². The molecule has 0 spiro atoms. The van der Waals surface area contributed by atoms with Crippen molar-refractivity contribution in [2.24, 2.45) is 5.10 Å². The largest absolute Gasteiger partial charge is 0.394 e. The summed E-state index contributed by atoms with van der Waals surface area (Å²) in [6, 6.07) is 9.17. The molecule has 110 valence electrons. The molecule has 0 bridgehead atoms. The summed E-state index contributed by atoms with van der Waals surface area (Å²) in [7, 11) is 0. The summed E-state index contributed by atoms with van der Waals surface area (Å²) in [6.45, 7) is -0.659. The van der Waals surface area contributed by atoms with Crippen LogP contribution in [0.4, 0.5) is 5.69 Å². The number of nitrogens with zero attached hydrogens (tertiary/aromatic N) is 1. The van der Waals surface area contributed by atoms with Crippen LogP contribution in [0.3, 0.4) is 0 Å². The zero-order chi connectivity index (χ0) is 15.0. The highest BCUT2D eigenvalue weighted by Gasteiger charge is 2.22. The van der Waals surface area contributed by atoms with Gasteiger partial charge in [-0.3, -0.25) is 5.43 Å². The van der Waals surface area contributed by atoms with Crippen LogP contribution in [0.5, 0.6) is 0 Å². The third-order valence-electron chi connectivity index (χ3n) is 2.36. The number of benzene rings is 1. The highest BCUT2D eigenvalue weighted by Crippen LogP contribution is 2.04. The maximum atomic E-state index is 9.45. The van der Waals surface area contributed by atoms with Crippen LogP contribution in [-0.4, -0.2) is 56.7 Å². The van der Waals surface area contributed by atoms with Crippen LogP contribution in [0.15, 0.2) is 35.4 Å². The number of hydrogen-bond acceptors (Lipinski definition) is 6. The third-order valence-corrected chi connectivity index (χ3v) is 2.55. The van der Waals surface area contributed by atoms with Crippen molar-refractivity contribution in [3.63, 3.8) is 0 Å². The summed E-state index contributed by atoms with van der Waals surface area (Å²) in [5.74, 6) is 0. The minimum atomic E-state index is -1.53. The Balaban J connectivity index is 2.38. The van der Waals surface area contributed by atoms with Crippen molar-refractivity contribution in [2.45, 2.75) is 18.3 Å². The van der Waals surface area contributed by atoms with E-state index in [0.29, 0.717) is 0 Å². The van der Waals surface area contributed by atoms with Crippen LogP contribution in [0.1, 0.15) is 0 Å². The SMILES string of the molecule is OC[C@@H](O)[C@@H](O)[C@H](O)/C=N/NC(=S)Nc1ccccc1. The first-order chi connectivity index (χ1) is 9.54. The third kappa shape index (κ3) is 5.59. The van der Waals surface area contributed by atoms with Gasteiger partial charge in [0.15, 0.2) is 5.11 Å². The topological polar surface area (TPSA) is 117 Å². The average Bonchev–Trinajstić information content (AvgIpc) is 2.46. The normalized spacial score (nSPS) is 15.6. The zero-order valence-corrected chi connectivity index (χ0v) is 11.4. The van der Waals surface area contributed by atoms with Crippen LogP contribution in [0.2, 0.25) is 0 Å². The number of aliphatic hydroxyl groups is 4. The molecule has 0 saturated carbocycles. The quantitative estimate of drug-likeness (QED) is 0.227. The van der Waals surface area contributed by atoms with Crippen molar-refractivity contribution in [1.29, 1.82) is 0 Å². The Morgan fingerprint density at radius 3 is 2.50 bits per heavy atom. The number of anilines is 1. The van der Waals surface area contributed by atoms with Crippen LogP contribution in [0.25, 0.3) is 0 Å². The van der Waals surface area contributed by atoms with Gasteiger partial charge in [0.2, 0.25) is 0 Å². The van der Waals surface area contributed by atoms with E-state index in [4.69, 9.17) is 22.4 Å². The number of thiocarbonyl (C=S) groups is 1. The first-order valence-corrected chi connectivity index (χ1v) is 6.25.